The molecule has 23 heavy (non-hydrogen) atoms. The van der Waals surface area contributed by atoms with Crippen molar-refractivity contribution in [3.8, 4) is 0 Å². The van der Waals surface area contributed by atoms with Crippen molar-refractivity contribution in [3.63, 3.8) is 0 Å². The predicted octanol–water partition coefficient (Wildman–Crippen LogP) is -1.81. The average Bonchev–Trinajstić information content (AvgIpc) is 2.42. The van der Waals surface area contributed by atoms with Crippen molar-refractivity contribution in [2.45, 2.75) is 43.8 Å². The second kappa shape index (κ2) is 9.48. The third-order valence-corrected chi connectivity index (χ3v) is 3.80. The summed E-state index contributed by atoms with van der Waals surface area (Å²) in [6.07, 6.45) is 1.12. The van der Waals surface area contributed by atoms with Crippen molar-refractivity contribution in [3.05, 3.63) is 0 Å². The number of nitrogens with two attached hydrogens (primary N) is 3. The van der Waals surface area contributed by atoms with E-state index in [0.717, 1.165) is 0 Å². The Balaban J connectivity index is 4.94. The van der Waals surface area contributed by atoms with Crippen LogP contribution in [0.4, 0.5) is 0 Å². The summed E-state index contributed by atoms with van der Waals surface area (Å²) in [5, 5.41) is 11.2. The average molecular weight is 348 g/mol. The number of thioether (sulfide) groups is 1. The zero-order valence-corrected chi connectivity index (χ0v) is 14.0. The molecule has 1 unspecified atom stereocenters. The van der Waals surface area contributed by atoms with Crippen LogP contribution in [-0.2, 0) is 19.2 Å². The maximum absolute atomic E-state index is 12.2. The summed E-state index contributed by atoms with van der Waals surface area (Å²) in [6, 6.07) is -2.17. The van der Waals surface area contributed by atoms with Crippen molar-refractivity contribution < 1.29 is 24.3 Å². The highest BCUT2D eigenvalue weighted by Crippen LogP contribution is 2.10. The standard InChI is InChI=1S/C13H24N4O5S/c1-13(16,12(15)22)6-9(18)8(5-10(19)20)17-11(21)7(14)3-4-23-2/h7-8H,3-6,14,16H2,1-2H3,(H2,15,22)(H,17,21)(H,19,20)/t7-,8-,13?/m0/s1. The Morgan fingerprint density at radius 3 is 2.30 bits per heavy atom. The number of aliphatic carboxylic acids is 1. The minimum absolute atomic E-state index is 0.386. The molecule has 0 aromatic heterocycles. The number of primary amides is 1. The molecule has 0 fully saturated rings. The molecule has 0 aromatic rings. The van der Waals surface area contributed by atoms with Gasteiger partial charge in [-0.05, 0) is 25.4 Å². The Morgan fingerprint density at radius 1 is 1.30 bits per heavy atom. The second-order valence-electron chi connectivity index (χ2n) is 5.47. The van der Waals surface area contributed by atoms with Gasteiger partial charge in [0.25, 0.3) is 0 Å². The van der Waals surface area contributed by atoms with E-state index in [-0.39, 0.29) is 0 Å². The fraction of sp³-hybridized carbons (Fsp3) is 0.692. The first-order chi connectivity index (χ1) is 10.5. The lowest BCUT2D eigenvalue weighted by molar-refractivity contribution is -0.140. The van der Waals surface area contributed by atoms with Gasteiger partial charge in [-0.1, -0.05) is 0 Å². The molecule has 0 heterocycles. The number of ketones is 1. The largest absolute Gasteiger partial charge is 0.481 e. The van der Waals surface area contributed by atoms with Gasteiger partial charge in [0.15, 0.2) is 5.78 Å². The molecule has 8 N–H and O–H groups in total. The zero-order chi connectivity index (χ0) is 18.2. The molecule has 9 nitrogen and oxygen atoms in total. The summed E-state index contributed by atoms with van der Waals surface area (Å²) >= 11 is 1.51. The molecule has 0 saturated heterocycles. The van der Waals surface area contributed by atoms with E-state index in [1.54, 1.807) is 0 Å². The van der Waals surface area contributed by atoms with E-state index in [0.29, 0.717) is 12.2 Å². The molecule has 0 aromatic carbocycles. The molecule has 0 bridgehead atoms. The highest BCUT2D eigenvalue weighted by Gasteiger charge is 2.34. The van der Waals surface area contributed by atoms with Crippen LogP contribution >= 0.6 is 11.8 Å². The SMILES string of the molecule is CSCC[C@H](N)C(=O)N[C@@H](CC(=O)O)C(=O)CC(C)(N)C(N)=O. The van der Waals surface area contributed by atoms with Crippen molar-refractivity contribution in [2.24, 2.45) is 17.2 Å². The molecule has 132 valence electrons. The Morgan fingerprint density at radius 2 is 1.87 bits per heavy atom. The summed E-state index contributed by atoms with van der Waals surface area (Å²) < 4.78 is 0. The van der Waals surface area contributed by atoms with Crippen molar-refractivity contribution in [1.29, 1.82) is 0 Å². The molecular weight excluding hydrogens is 324 g/mol. The quantitative estimate of drug-likeness (QED) is 0.290. The predicted molar refractivity (Wildman–Crippen MR) is 86.6 cm³/mol. The Kier molecular flexibility index (Phi) is 8.80. The van der Waals surface area contributed by atoms with Crippen molar-refractivity contribution in [2.75, 3.05) is 12.0 Å². The molecule has 0 rings (SSSR count). The van der Waals surface area contributed by atoms with E-state index in [4.69, 9.17) is 22.3 Å². The first-order valence-electron chi connectivity index (χ1n) is 6.89. The molecule has 3 atom stereocenters. The van der Waals surface area contributed by atoms with Gasteiger partial charge < -0.3 is 27.6 Å². The van der Waals surface area contributed by atoms with Gasteiger partial charge in [-0.25, -0.2) is 0 Å². The number of hydrogen-bond acceptors (Lipinski definition) is 7. The highest BCUT2D eigenvalue weighted by molar-refractivity contribution is 7.98. The number of rotatable bonds is 11. The smallest absolute Gasteiger partial charge is 0.305 e. The van der Waals surface area contributed by atoms with E-state index in [1.165, 1.54) is 18.7 Å². The summed E-state index contributed by atoms with van der Waals surface area (Å²) in [5.74, 6) is -2.85. The summed E-state index contributed by atoms with van der Waals surface area (Å²) in [7, 11) is 0. The number of carbonyl (C=O) groups excluding carboxylic acids is 3. The molecule has 2 amide bonds. The number of nitrogens with one attached hydrogen (secondary N) is 1. The minimum atomic E-state index is -1.63. The van der Waals surface area contributed by atoms with E-state index in [1.807, 2.05) is 6.26 Å². The Labute approximate surface area is 138 Å². The minimum Gasteiger partial charge on any atom is -0.481 e. The van der Waals surface area contributed by atoms with E-state index < -0.39 is 54.0 Å². The van der Waals surface area contributed by atoms with Crippen molar-refractivity contribution in [1.82, 2.24) is 5.32 Å². The van der Waals surface area contributed by atoms with Crippen LogP contribution in [0.2, 0.25) is 0 Å². The monoisotopic (exact) mass is 348 g/mol. The summed E-state index contributed by atoms with van der Waals surface area (Å²) in [4.78, 5) is 46.1. The normalized spacial score (nSPS) is 16.0. The van der Waals surface area contributed by atoms with Gasteiger partial charge in [0, 0.05) is 6.42 Å². The molecule has 0 aliphatic carbocycles. The van der Waals surface area contributed by atoms with Gasteiger partial charge in [0.05, 0.1) is 24.0 Å². The van der Waals surface area contributed by atoms with Crippen LogP contribution in [0.25, 0.3) is 0 Å². The maximum Gasteiger partial charge on any atom is 0.305 e. The van der Waals surface area contributed by atoms with Gasteiger partial charge in [0.2, 0.25) is 11.8 Å². The fourth-order valence-electron chi connectivity index (χ4n) is 1.65. The van der Waals surface area contributed by atoms with Crippen LogP contribution in [0, 0.1) is 0 Å². The highest BCUT2D eigenvalue weighted by atomic mass is 32.2. The number of Topliss-reactive ketones (excluding diaryl/α,β-unsaturated/α-hetero) is 1. The van der Waals surface area contributed by atoms with Gasteiger partial charge in [-0.3, -0.25) is 19.2 Å². The van der Waals surface area contributed by atoms with E-state index in [2.05, 4.69) is 5.32 Å². The second-order valence-corrected chi connectivity index (χ2v) is 6.46. The molecular formula is C13H24N4O5S. The summed E-state index contributed by atoms with van der Waals surface area (Å²) in [5.41, 5.74) is 14.7. The van der Waals surface area contributed by atoms with Crippen LogP contribution in [0.15, 0.2) is 0 Å². The van der Waals surface area contributed by atoms with Crippen LogP contribution in [0.5, 0.6) is 0 Å². The summed E-state index contributed by atoms with van der Waals surface area (Å²) in [6.45, 7) is 1.26. The van der Waals surface area contributed by atoms with Gasteiger partial charge in [-0.15, -0.1) is 0 Å². The zero-order valence-electron chi connectivity index (χ0n) is 13.2. The van der Waals surface area contributed by atoms with Crippen molar-refractivity contribution >= 4 is 35.3 Å². The van der Waals surface area contributed by atoms with Gasteiger partial charge >= 0.3 is 5.97 Å². The topological polar surface area (TPSA) is 179 Å². The van der Waals surface area contributed by atoms with E-state index >= 15 is 0 Å². The Hall–Kier alpha value is -1.65. The first kappa shape index (κ1) is 21.4. The third kappa shape index (κ3) is 7.95. The molecule has 0 radical (unpaired) electrons. The molecule has 0 aliphatic heterocycles. The van der Waals surface area contributed by atoms with Crippen LogP contribution in [0.3, 0.4) is 0 Å². The molecule has 0 saturated carbocycles. The van der Waals surface area contributed by atoms with Gasteiger partial charge in [0.1, 0.15) is 0 Å². The van der Waals surface area contributed by atoms with Crippen LogP contribution in [-0.4, -0.2) is 58.3 Å². The first-order valence-corrected chi connectivity index (χ1v) is 8.28. The van der Waals surface area contributed by atoms with E-state index in [9.17, 15) is 19.2 Å². The van der Waals surface area contributed by atoms with Crippen LogP contribution in [0.1, 0.15) is 26.2 Å². The Bertz CT molecular complexity index is 469. The molecule has 10 heteroatoms. The number of carboxylic acids is 1. The lowest BCUT2D eigenvalue weighted by Gasteiger charge is -2.24. The maximum atomic E-state index is 12.2. The fourth-order valence-corrected chi connectivity index (χ4v) is 2.14. The van der Waals surface area contributed by atoms with Gasteiger partial charge in [-0.2, -0.15) is 11.8 Å². The van der Waals surface area contributed by atoms with Crippen LogP contribution < -0.4 is 22.5 Å². The molecule has 0 aliphatic rings. The molecule has 0 spiro atoms. The number of carboxylic acid groups (broad SMARTS) is 1. The number of hydrogen-bond donors (Lipinski definition) is 5. The number of amides is 2. The third-order valence-electron chi connectivity index (χ3n) is 3.16. The lowest BCUT2D eigenvalue weighted by Crippen LogP contribution is -2.55. The number of carbonyl (C=O) groups is 4. The lowest BCUT2D eigenvalue weighted by atomic mass is 9.91.